The molecular weight excluding hydrogens is 326 g/mol. The highest BCUT2D eigenvalue weighted by Gasteiger charge is 2.17. The van der Waals surface area contributed by atoms with E-state index in [2.05, 4.69) is 15.3 Å². The summed E-state index contributed by atoms with van der Waals surface area (Å²) in [6, 6.07) is 10.9. The number of nitrogens with zero attached hydrogens (tertiary/aromatic N) is 2. The van der Waals surface area contributed by atoms with E-state index < -0.39 is 5.63 Å². The summed E-state index contributed by atoms with van der Waals surface area (Å²) in [7, 11) is 0. The molecule has 3 heterocycles. The van der Waals surface area contributed by atoms with Gasteiger partial charge in [-0.05, 0) is 23.6 Å². The Kier molecular flexibility index (Phi) is 3.35. The van der Waals surface area contributed by atoms with E-state index in [1.54, 1.807) is 12.1 Å². The fourth-order valence-corrected chi connectivity index (χ4v) is 3.18. The number of amides is 1. The second-order valence-electron chi connectivity index (χ2n) is 5.16. The lowest BCUT2D eigenvalue weighted by molar-refractivity contribution is -0.114. The molecule has 118 valence electrons. The molecule has 3 aromatic heterocycles. The first-order valence-corrected chi connectivity index (χ1v) is 8.06. The Hall–Kier alpha value is -3.06. The maximum absolute atomic E-state index is 12.4. The molecule has 0 radical (unpaired) electrons. The number of carbonyl (C=O) groups is 1. The van der Waals surface area contributed by atoms with Crippen LogP contribution in [0.1, 0.15) is 6.92 Å². The predicted octanol–water partition coefficient (Wildman–Crippen LogP) is 3.42. The highest BCUT2D eigenvalue weighted by Crippen LogP contribution is 2.29. The van der Waals surface area contributed by atoms with Crippen LogP contribution in [0.15, 0.2) is 51.0 Å². The third-order valence-electron chi connectivity index (χ3n) is 3.49. The molecule has 4 rings (SSSR count). The van der Waals surface area contributed by atoms with E-state index in [4.69, 9.17) is 4.42 Å². The van der Waals surface area contributed by atoms with Crippen molar-refractivity contribution in [3.8, 4) is 10.7 Å². The van der Waals surface area contributed by atoms with Gasteiger partial charge in [0.15, 0.2) is 11.6 Å². The van der Waals surface area contributed by atoms with Gasteiger partial charge in [0.05, 0.1) is 10.4 Å². The Balaban J connectivity index is 2.16. The molecule has 0 saturated heterocycles. The summed E-state index contributed by atoms with van der Waals surface area (Å²) in [5.41, 5.74) is 0.328. The van der Waals surface area contributed by atoms with E-state index in [1.807, 2.05) is 29.6 Å². The minimum atomic E-state index is -0.579. The quantitative estimate of drug-likeness (QED) is 0.447. The number of hydrogen-bond donors (Lipinski definition) is 1. The second kappa shape index (κ2) is 5.54. The highest BCUT2D eigenvalue weighted by atomic mass is 32.1. The number of aromatic nitrogens is 2. The van der Waals surface area contributed by atoms with Crippen molar-refractivity contribution >= 4 is 44.9 Å². The number of carbonyl (C=O) groups excluding carboxylic acids is 1. The van der Waals surface area contributed by atoms with E-state index in [9.17, 15) is 9.59 Å². The molecule has 0 saturated carbocycles. The summed E-state index contributed by atoms with van der Waals surface area (Å²) in [6.45, 7) is 1.36. The van der Waals surface area contributed by atoms with Gasteiger partial charge in [-0.15, -0.1) is 11.3 Å². The summed E-state index contributed by atoms with van der Waals surface area (Å²) < 4.78 is 5.34. The zero-order valence-electron chi connectivity index (χ0n) is 12.6. The van der Waals surface area contributed by atoms with Gasteiger partial charge < -0.3 is 9.73 Å². The van der Waals surface area contributed by atoms with Crippen LogP contribution in [0.3, 0.4) is 0 Å². The molecule has 0 unspecified atom stereocenters. The van der Waals surface area contributed by atoms with Crippen LogP contribution >= 0.6 is 11.3 Å². The lowest BCUT2D eigenvalue weighted by atomic mass is 10.1. The number of para-hydroxylation sites is 1. The van der Waals surface area contributed by atoms with E-state index in [-0.39, 0.29) is 17.1 Å². The first-order valence-electron chi connectivity index (χ1n) is 7.18. The number of fused-ring (bicyclic) bond motifs is 3. The molecule has 1 aromatic carbocycles. The highest BCUT2D eigenvalue weighted by molar-refractivity contribution is 7.13. The van der Waals surface area contributed by atoms with Crippen LogP contribution in [0.4, 0.5) is 5.82 Å². The first kappa shape index (κ1) is 14.5. The van der Waals surface area contributed by atoms with Gasteiger partial charge in [0.25, 0.3) is 0 Å². The van der Waals surface area contributed by atoms with Crippen molar-refractivity contribution in [1.82, 2.24) is 9.97 Å². The van der Waals surface area contributed by atoms with Crippen LogP contribution in [0.2, 0.25) is 0 Å². The Bertz CT molecular complexity index is 1130. The van der Waals surface area contributed by atoms with Crippen molar-refractivity contribution in [2.24, 2.45) is 0 Å². The van der Waals surface area contributed by atoms with Gasteiger partial charge in [-0.25, -0.2) is 14.8 Å². The molecule has 0 aliphatic rings. The van der Waals surface area contributed by atoms with Gasteiger partial charge in [-0.1, -0.05) is 18.2 Å². The molecule has 0 aliphatic heterocycles. The number of rotatable bonds is 2. The maximum atomic E-state index is 12.4. The van der Waals surface area contributed by atoms with Gasteiger partial charge in [-0.2, -0.15) is 0 Å². The van der Waals surface area contributed by atoms with Crippen molar-refractivity contribution in [3.05, 3.63) is 52.2 Å². The molecule has 7 heteroatoms. The second-order valence-corrected chi connectivity index (χ2v) is 6.11. The van der Waals surface area contributed by atoms with Gasteiger partial charge >= 0.3 is 5.63 Å². The van der Waals surface area contributed by atoms with Crippen LogP contribution in [-0.4, -0.2) is 15.9 Å². The van der Waals surface area contributed by atoms with Gasteiger partial charge in [0.2, 0.25) is 5.91 Å². The number of hydrogen-bond acceptors (Lipinski definition) is 6. The molecule has 1 amide bonds. The molecule has 0 spiro atoms. The SMILES string of the molecule is CC(=O)Nc1nc(-c2cccs2)nc2c1c(=O)oc1ccccc12. The van der Waals surface area contributed by atoms with Crippen molar-refractivity contribution < 1.29 is 9.21 Å². The third kappa shape index (κ3) is 2.35. The van der Waals surface area contributed by atoms with Crippen molar-refractivity contribution in [2.45, 2.75) is 6.92 Å². The normalized spacial score (nSPS) is 11.0. The van der Waals surface area contributed by atoms with Gasteiger partial charge in [0.1, 0.15) is 11.0 Å². The monoisotopic (exact) mass is 337 g/mol. The lowest BCUT2D eigenvalue weighted by Gasteiger charge is -2.09. The van der Waals surface area contributed by atoms with Crippen LogP contribution < -0.4 is 10.9 Å². The zero-order chi connectivity index (χ0) is 16.7. The van der Waals surface area contributed by atoms with E-state index in [1.165, 1.54) is 18.3 Å². The Labute approximate surface area is 139 Å². The number of anilines is 1. The Morgan fingerprint density at radius 1 is 1.17 bits per heavy atom. The Morgan fingerprint density at radius 2 is 2.00 bits per heavy atom. The van der Waals surface area contributed by atoms with Gasteiger partial charge in [-0.3, -0.25) is 4.79 Å². The molecule has 1 N–H and O–H groups in total. The largest absolute Gasteiger partial charge is 0.422 e. The van der Waals surface area contributed by atoms with E-state index >= 15 is 0 Å². The molecule has 0 bridgehead atoms. The number of thiophene rings is 1. The van der Waals surface area contributed by atoms with Crippen molar-refractivity contribution in [1.29, 1.82) is 0 Å². The summed E-state index contributed by atoms with van der Waals surface area (Å²) in [5.74, 6) is 0.298. The van der Waals surface area contributed by atoms with Crippen molar-refractivity contribution in [3.63, 3.8) is 0 Å². The standard InChI is InChI=1S/C17H11N3O3S/c1-9(21)18-16-13-14(19-15(20-16)12-7-4-8-24-12)10-5-2-3-6-11(10)23-17(13)22/h2-8H,1H3,(H,18,19,20,21). The first-order chi connectivity index (χ1) is 11.6. The smallest absolute Gasteiger partial charge is 0.349 e. The van der Waals surface area contributed by atoms with Gasteiger partial charge in [0, 0.05) is 12.3 Å². The van der Waals surface area contributed by atoms with Crippen LogP contribution in [0, 0.1) is 0 Å². The lowest BCUT2D eigenvalue weighted by Crippen LogP contribution is -2.13. The maximum Gasteiger partial charge on any atom is 0.349 e. The fourth-order valence-electron chi connectivity index (χ4n) is 2.52. The summed E-state index contributed by atoms with van der Waals surface area (Å²) >= 11 is 1.48. The topological polar surface area (TPSA) is 85.1 Å². The van der Waals surface area contributed by atoms with Crippen LogP contribution in [0.25, 0.3) is 32.6 Å². The van der Waals surface area contributed by atoms with Crippen molar-refractivity contribution in [2.75, 3.05) is 5.32 Å². The average Bonchev–Trinajstić information content (AvgIpc) is 3.08. The van der Waals surface area contributed by atoms with Crippen LogP contribution in [-0.2, 0) is 4.79 Å². The fraction of sp³-hybridized carbons (Fsp3) is 0.0588. The number of benzene rings is 1. The molecule has 0 atom stereocenters. The van der Waals surface area contributed by atoms with E-state index in [0.29, 0.717) is 22.3 Å². The Morgan fingerprint density at radius 3 is 2.75 bits per heavy atom. The molecular formula is C17H11N3O3S. The van der Waals surface area contributed by atoms with Crippen LogP contribution in [0.5, 0.6) is 0 Å². The average molecular weight is 337 g/mol. The van der Waals surface area contributed by atoms with E-state index in [0.717, 1.165) is 4.88 Å². The molecule has 24 heavy (non-hydrogen) atoms. The third-order valence-corrected chi connectivity index (χ3v) is 4.36. The predicted molar refractivity (Wildman–Crippen MR) is 93.2 cm³/mol. The zero-order valence-corrected chi connectivity index (χ0v) is 13.4. The molecule has 0 aliphatic carbocycles. The summed E-state index contributed by atoms with van der Waals surface area (Å²) in [4.78, 5) is 33.7. The summed E-state index contributed by atoms with van der Waals surface area (Å²) in [5, 5.41) is 5.39. The minimum Gasteiger partial charge on any atom is -0.422 e. The molecule has 4 aromatic rings. The molecule has 6 nitrogen and oxygen atoms in total. The summed E-state index contributed by atoms with van der Waals surface area (Å²) in [6.07, 6.45) is 0. The molecule has 0 fully saturated rings. The number of nitrogens with one attached hydrogen (secondary N) is 1. The minimum absolute atomic E-state index is 0.162.